The van der Waals surface area contributed by atoms with Crippen LogP contribution < -0.4 is 5.32 Å². The van der Waals surface area contributed by atoms with E-state index in [1.165, 1.54) is 4.68 Å². The molecule has 8 heteroatoms. The van der Waals surface area contributed by atoms with E-state index in [-0.39, 0.29) is 12.3 Å². The smallest absolute Gasteiger partial charge is 0.311 e. The first-order valence-electron chi connectivity index (χ1n) is 8.32. The lowest BCUT2D eigenvalue weighted by Gasteiger charge is -2.14. The molecule has 0 radical (unpaired) electrons. The van der Waals surface area contributed by atoms with E-state index in [9.17, 15) is 18.0 Å². The number of rotatable bonds is 5. The number of carbonyl (C=O) groups excluding carboxylic acids is 1. The molecule has 1 amide bonds. The summed E-state index contributed by atoms with van der Waals surface area (Å²) in [5.41, 5.74) is 0.237. The zero-order chi connectivity index (χ0) is 17.9. The molecule has 134 valence electrons. The van der Waals surface area contributed by atoms with Gasteiger partial charge >= 0.3 is 6.18 Å². The highest BCUT2D eigenvalue weighted by atomic mass is 19.4. The minimum atomic E-state index is -4.43. The molecule has 0 fully saturated rings. The lowest BCUT2D eigenvalue weighted by atomic mass is 9.95. The molecular formula is C17H19F3N4O. The maximum atomic E-state index is 13.1. The third-order valence-corrected chi connectivity index (χ3v) is 4.23. The van der Waals surface area contributed by atoms with Crippen molar-refractivity contribution >= 4 is 11.7 Å². The molecule has 0 saturated heterocycles. The number of carbonyl (C=O) groups is 1. The molecule has 0 unspecified atom stereocenters. The summed E-state index contributed by atoms with van der Waals surface area (Å²) in [4.78, 5) is 15.9. The molecule has 0 saturated carbocycles. The molecule has 2 heterocycles. The molecule has 0 spiro atoms. The third-order valence-electron chi connectivity index (χ3n) is 4.23. The van der Waals surface area contributed by atoms with Gasteiger partial charge in [-0.3, -0.25) is 9.48 Å². The first kappa shape index (κ1) is 17.4. The summed E-state index contributed by atoms with van der Waals surface area (Å²) in [5, 5.41) is 6.45. The van der Waals surface area contributed by atoms with Gasteiger partial charge in [-0.1, -0.05) is 6.07 Å². The molecule has 3 rings (SSSR count). The van der Waals surface area contributed by atoms with Crippen LogP contribution in [0.2, 0.25) is 0 Å². The molecule has 2 aromatic rings. The highest BCUT2D eigenvalue weighted by molar-refractivity contribution is 5.89. The summed E-state index contributed by atoms with van der Waals surface area (Å²) in [5.74, 6) is 0.249. The molecule has 0 bridgehead atoms. The summed E-state index contributed by atoms with van der Waals surface area (Å²) >= 11 is 0. The van der Waals surface area contributed by atoms with Gasteiger partial charge in [-0.25, -0.2) is 4.98 Å². The van der Waals surface area contributed by atoms with Crippen molar-refractivity contribution in [3.05, 3.63) is 41.3 Å². The zero-order valence-electron chi connectivity index (χ0n) is 13.6. The number of hydrogen-bond acceptors (Lipinski definition) is 3. The maximum absolute atomic E-state index is 13.1. The second-order valence-corrected chi connectivity index (χ2v) is 6.07. The number of halogens is 3. The van der Waals surface area contributed by atoms with Crippen LogP contribution in [0.4, 0.5) is 19.0 Å². The molecular weight excluding hydrogens is 333 g/mol. The van der Waals surface area contributed by atoms with E-state index in [0.29, 0.717) is 42.9 Å². The quantitative estimate of drug-likeness (QED) is 0.894. The van der Waals surface area contributed by atoms with Crippen molar-refractivity contribution in [1.82, 2.24) is 14.8 Å². The number of aryl methyl sites for hydroxylation is 1. The Balaban J connectivity index is 1.62. The third kappa shape index (κ3) is 4.18. The van der Waals surface area contributed by atoms with Crippen LogP contribution >= 0.6 is 0 Å². The van der Waals surface area contributed by atoms with Crippen LogP contribution in [0.25, 0.3) is 0 Å². The van der Waals surface area contributed by atoms with Crippen molar-refractivity contribution < 1.29 is 18.0 Å². The molecule has 2 aromatic heterocycles. The molecule has 0 aromatic carbocycles. The van der Waals surface area contributed by atoms with Gasteiger partial charge in [0.05, 0.1) is 0 Å². The van der Waals surface area contributed by atoms with Gasteiger partial charge in [-0.2, -0.15) is 18.3 Å². The number of amides is 1. The highest BCUT2D eigenvalue weighted by Crippen LogP contribution is 2.35. The van der Waals surface area contributed by atoms with Crippen LogP contribution in [0.15, 0.2) is 24.4 Å². The van der Waals surface area contributed by atoms with E-state index in [4.69, 9.17) is 0 Å². The second kappa shape index (κ2) is 7.25. The van der Waals surface area contributed by atoms with Gasteiger partial charge in [-0.05, 0) is 44.2 Å². The number of hydrogen-bond donors (Lipinski definition) is 1. The average Bonchev–Trinajstić information content (AvgIpc) is 2.95. The van der Waals surface area contributed by atoms with Crippen LogP contribution in [-0.2, 0) is 30.4 Å². The number of nitrogens with one attached hydrogen (secondary N) is 1. The fourth-order valence-corrected chi connectivity index (χ4v) is 3.11. The van der Waals surface area contributed by atoms with Crippen LogP contribution in [0.3, 0.4) is 0 Å². The fourth-order valence-electron chi connectivity index (χ4n) is 3.11. The molecule has 1 aliphatic carbocycles. The summed E-state index contributed by atoms with van der Waals surface area (Å²) in [6.07, 6.45) is 0.428. The topological polar surface area (TPSA) is 59.8 Å². The Hall–Kier alpha value is -2.38. The molecule has 5 nitrogen and oxygen atoms in total. The first-order chi connectivity index (χ1) is 11.9. The molecule has 1 aliphatic rings. The van der Waals surface area contributed by atoms with Crippen molar-refractivity contribution in [1.29, 1.82) is 0 Å². The summed E-state index contributed by atoms with van der Waals surface area (Å²) in [6.45, 7) is 0.300. The summed E-state index contributed by atoms with van der Waals surface area (Å²) < 4.78 is 40.8. The number of nitrogens with zero attached hydrogens (tertiary/aromatic N) is 3. The zero-order valence-corrected chi connectivity index (χ0v) is 13.6. The number of anilines is 1. The predicted octanol–water partition coefficient (Wildman–Crippen LogP) is 3.59. The number of fused-ring (bicyclic) bond motifs is 1. The lowest BCUT2D eigenvalue weighted by Crippen LogP contribution is -2.15. The van der Waals surface area contributed by atoms with Gasteiger partial charge in [0.1, 0.15) is 5.82 Å². The molecule has 25 heavy (non-hydrogen) atoms. The maximum Gasteiger partial charge on any atom is 0.435 e. The molecule has 0 atom stereocenters. The van der Waals surface area contributed by atoms with E-state index >= 15 is 0 Å². The predicted molar refractivity (Wildman–Crippen MR) is 86.0 cm³/mol. The highest BCUT2D eigenvalue weighted by Gasteiger charge is 2.39. The number of aromatic nitrogens is 3. The van der Waals surface area contributed by atoms with E-state index in [1.807, 2.05) is 0 Å². The molecule has 1 N–H and O–H groups in total. The van der Waals surface area contributed by atoms with Crippen LogP contribution in [0.1, 0.15) is 42.6 Å². The van der Waals surface area contributed by atoms with Gasteiger partial charge in [0.25, 0.3) is 0 Å². The van der Waals surface area contributed by atoms with E-state index in [1.54, 1.807) is 24.4 Å². The lowest BCUT2D eigenvalue weighted by molar-refractivity contribution is -0.142. The largest absolute Gasteiger partial charge is 0.435 e. The Morgan fingerprint density at radius 2 is 2.04 bits per heavy atom. The number of pyridine rings is 1. The van der Waals surface area contributed by atoms with Gasteiger partial charge in [0.2, 0.25) is 5.91 Å². The van der Waals surface area contributed by atoms with Crippen molar-refractivity contribution in [2.45, 2.75) is 51.2 Å². The first-order valence-corrected chi connectivity index (χ1v) is 8.32. The Bertz CT molecular complexity index is 740. The fraction of sp³-hybridized carbons (Fsp3) is 0.471. The van der Waals surface area contributed by atoms with E-state index in [0.717, 1.165) is 12.8 Å². The minimum absolute atomic E-state index is 0.201. The van der Waals surface area contributed by atoms with Crippen LogP contribution in [0, 0.1) is 0 Å². The van der Waals surface area contributed by atoms with E-state index in [2.05, 4.69) is 15.4 Å². The Labute approximate surface area is 143 Å². The normalized spacial score (nSPS) is 14.2. The summed E-state index contributed by atoms with van der Waals surface area (Å²) in [6, 6.07) is 5.18. The molecule has 0 aliphatic heterocycles. The minimum Gasteiger partial charge on any atom is -0.311 e. The van der Waals surface area contributed by atoms with Crippen molar-refractivity contribution in [2.24, 2.45) is 0 Å². The SMILES string of the molecule is O=C(CCCn1nc(C(F)(F)F)c2c1CCCC2)Nc1ccccn1. The van der Waals surface area contributed by atoms with Crippen molar-refractivity contribution in [3.63, 3.8) is 0 Å². The van der Waals surface area contributed by atoms with Gasteiger partial charge < -0.3 is 5.32 Å². The van der Waals surface area contributed by atoms with Crippen molar-refractivity contribution in [3.8, 4) is 0 Å². The number of alkyl halides is 3. The Morgan fingerprint density at radius 1 is 1.24 bits per heavy atom. The second-order valence-electron chi connectivity index (χ2n) is 6.07. The van der Waals surface area contributed by atoms with Gasteiger partial charge in [0.15, 0.2) is 5.69 Å². The Kier molecular flexibility index (Phi) is 5.06. The average molecular weight is 352 g/mol. The van der Waals surface area contributed by atoms with Gasteiger partial charge in [-0.15, -0.1) is 0 Å². The standard InChI is InChI=1S/C17H19F3N4O/c18-17(19,20)16-12-6-1-2-7-13(12)24(23-16)11-5-9-15(25)22-14-8-3-4-10-21-14/h3-4,8,10H,1-2,5-7,9,11H2,(H,21,22,25). The monoisotopic (exact) mass is 352 g/mol. The van der Waals surface area contributed by atoms with Crippen LogP contribution in [0.5, 0.6) is 0 Å². The van der Waals surface area contributed by atoms with Crippen molar-refractivity contribution in [2.75, 3.05) is 5.32 Å². The van der Waals surface area contributed by atoms with E-state index < -0.39 is 11.9 Å². The van der Waals surface area contributed by atoms with Gasteiger partial charge in [0, 0.05) is 30.4 Å². The van der Waals surface area contributed by atoms with Crippen LogP contribution in [-0.4, -0.2) is 20.7 Å². The Morgan fingerprint density at radius 3 is 2.76 bits per heavy atom. The summed E-state index contributed by atoms with van der Waals surface area (Å²) in [7, 11) is 0.